The molecule has 0 atom stereocenters. The van der Waals surface area contributed by atoms with Crippen LogP contribution >= 0.6 is 22.9 Å². The highest BCUT2D eigenvalue weighted by Crippen LogP contribution is 2.22. The summed E-state index contributed by atoms with van der Waals surface area (Å²) in [7, 11) is 0. The van der Waals surface area contributed by atoms with Crippen LogP contribution in [-0.2, 0) is 6.61 Å². The number of pyridine rings is 1. The fraction of sp³-hybridized carbons (Fsp3) is 0.333. The average Bonchev–Trinajstić information content (AvgIpc) is 3.37. The third-order valence-corrected chi connectivity index (χ3v) is 6.98. The van der Waals surface area contributed by atoms with E-state index in [0.29, 0.717) is 60.9 Å². The maximum absolute atomic E-state index is 12.8. The summed E-state index contributed by atoms with van der Waals surface area (Å²) in [6.07, 6.45) is 3.29. The smallest absolute Gasteiger partial charge is 0.273 e. The standard InChI is InChI=1S/C24H24ClN5O3S/c25-19-9-17(10-26-11-19)14-33-21-3-1-18(2-4-21)23(31)30-12-20(13-30)28-5-7-29(8-6-28)24(32)22-15-34-16-27-22/h1-4,9-11,15-16,20H,5-8,12-14H2. The highest BCUT2D eigenvalue weighted by atomic mass is 35.5. The van der Waals surface area contributed by atoms with Crippen molar-refractivity contribution >= 4 is 34.8 Å². The van der Waals surface area contributed by atoms with Gasteiger partial charge in [-0.15, -0.1) is 11.3 Å². The lowest BCUT2D eigenvalue weighted by Crippen LogP contribution is -2.64. The molecule has 4 heterocycles. The molecule has 8 nitrogen and oxygen atoms in total. The van der Waals surface area contributed by atoms with Crippen molar-refractivity contribution in [2.24, 2.45) is 0 Å². The van der Waals surface area contributed by atoms with Gasteiger partial charge in [0.2, 0.25) is 0 Å². The molecule has 2 aliphatic rings. The molecule has 0 bridgehead atoms. The Balaban J connectivity index is 1.07. The number of hydrogen-bond acceptors (Lipinski definition) is 7. The molecule has 0 N–H and O–H groups in total. The highest BCUT2D eigenvalue weighted by Gasteiger charge is 2.37. The van der Waals surface area contributed by atoms with Crippen molar-refractivity contribution in [3.05, 3.63) is 75.5 Å². The van der Waals surface area contributed by atoms with Crippen LogP contribution in [0.4, 0.5) is 0 Å². The summed E-state index contributed by atoms with van der Waals surface area (Å²) in [6, 6.07) is 9.36. The third kappa shape index (κ3) is 5.06. The molecule has 10 heteroatoms. The van der Waals surface area contributed by atoms with E-state index in [1.165, 1.54) is 11.3 Å². The minimum absolute atomic E-state index is 0.00275. The molecular weight excluding hydrogens is 474 g/mol. The van der Waals surface area contributed by atoms with E-state index in [9.17, 15) is 9.59 Å². The number of hydrogen-bond donors (Lipinski definition) is 0. The molecule has 2 aromatic heterocycles. The lowest BCUT2D eigenvalue weighted by atomic mass is 10.0. The number of benzene rings is 1. The van der Waals surface area contributed by atoms with Gasteiger partial charge < -0.3 is 14.5 Å². The molecule has 3 aromatic rings. The van der Waals surface area contributed by atoms with Gasteiger partial charge >= 0.3 is 0 Å². The number of nitrogens with zero attached hydrogens (tertiary/aromatic N) is 5. The molecule has 0 spiro atoms. The summed E-state index contributed by atoms with van der Waals surface area (Å²) in [5, 5.41) is 2.36. The number of halogens is 1. The van der Waals surface area contributed by atoms with Crippen LogP contribution < -0.4 is 4.74 Å². The number of ether oxygens (including phenoxy) is 1. The SMILES string of the molecule is O=C(c1ccc(OCc2cncc(Cl)c2)cc1)N1CC(N2CCN(C(=O)c3cscn3)CC2)C1. The Hall–Kier alpha value is -3.01. The van der Waals surface area contributed by atoms with Crippen molar-refractivity contribution in [1.29, 1.82) is 0 Å². The Morgan fingerprint density at radius 1 is 1.03 bits per heavy atom. The molecule has 2 fully saturated rings. The molecule has 0 radical (unpaired) electrons. The maximum Gasteiger partial charge on any atom is 0.273 e. The molecule has 2 amide bonds. The molecule has 2 saturated heterocycles. The first-order valence-electron chi connectivity index (χ1n) is 11.1. The Morgan fingerprint density at radius 2 is 1.79 bits per heavy atom. The zero-order valence-electron chi connectivity index (χ0n) is 18.5. The monoisotopic (exact) mass is 497 g/mol. The van der Waals surface area contributed by atoms with Crippen molar-refractivity contribution < 1.29 is 14.3 Å². The van der Waals surface area contributed by atoms with E-state index in [4.69, 9.17) is 16.3 Å². The first-order valence-corrected chi connectivity index (χ1v) is 12.4. The number of rotatable bonds is 6. The van der Waals surface area contributed by atoms with Gasteiger partial charge in [-0.3, -0.25) is 19.5 Å². The minimum atomic E-state index is 0.00275. The topological polar surface area (TPSA) is 78.9 Å². The molecule has 34 heavy (non-hydrogen) atoms. The zero-order valence-corrected chi connectivity index (χ0v) is 20.0. The fourth-order valence-corrected chi connectivity index (χ4v) is 4.92. The first kappa shape index (κ1) is 22.8. The molecule has 0 saturated carbocycles. The number of amides is 2. The van der Waals surface area contributed by atoms with Crippen LogP contribution in [-0.4, -0.2) is 81.8 Å². The molecule has 1 aromatic carbocycles. The van der Waals surface area contributed by atoms with Crippen molar-refractivity contribution in [3.8, 4) is 5.75 Å². The first-order chi connectivity index (χ1) is 16.6. The van der Waals surface area contributed by atoms with Crippen LogP contribution in [0.25, 0.3) is 0 Å². The number of aromatic nitrogens is 2. The van der Waals surface area contributed by atoms with Crippen molar-refractivity contribution in [2.45, 2.75) is 12.6 Å². The van der Waals surface area contributed by atoms with Gasteiger partial charge in [-0.2, -0.15) is 0 Å². The average molecular weight is 498 g/mol. The lowest BCUT2D eigenvalue weighted by molar-refractivity contribution is 0.00844. The summed E-state index contributed by atoms with van der Waals surface area (Å²) in [6.45, 7) is 4.78. The molecule has 0 unspecified atom stereocenters. The highest BCUT2D eigenvalue weighted by molar-refractivity contribution is 7.07. The van der Waals surface area contributed by atoms with Crippen LogP contribution in [0.2, 0.25) is 5.02 Å². The number of likely N-dealkylation sites (tertiary alicyclic amines) is 1. The minimum Gasteiger partial charge on any atom is -0.489 e. The van der Waals surface area contributed by atoms with E-state index in [0.717, 1.165) is 18.7 Å². The van der Waals surface area contributed by atoms with Gasteiger partial charge in [0.05, 0.1) is 10.5 Å². The largest absolute Gasteiger partial charge is 0.489 e. The van der Waals surface area contributed by atoms with E-state index < -0.39 is 0 Å². The van der Waals surface area contributed by atoms with Crippen LogP contribution in [0.15, 0.2) is 53.6 Å². The van der Waals surface area contributed by atoms with Crippen LogP contribution in [0.5, 0.6) is 5.75 Å². The summed E-state index contributed by atoms with van der Waals surface area (Å²) < 4.78 is 5.77. The fourth-order valence-electron chi connectivity index (χ4n) is 4.20. The van der Waals surface area contributed by atoms with Gasteiger partial charge in [0.1, 0.15) is 18.1 Å². The van der Waals surface area contributed by atoms with Gasteiger partial charge in [0.25, 0.3) is 11.8 Å². The second-order valence-electron chi connectivity index (χ2n) is 8.39. The van der Waals surface area contributed by atoms with Gasteiger partial charge in [-0.25, -0.2) is 4.98 Å². The van der Waals surface area contributed by atoms with E-state index in [1.807, 2.05) is 15.9 Å². The number of piperazine rings is 1. The van der Waals surface area contributed by atoms with E-state index in [2.05, 4.69) is 14.9 Å². The Morgan fingerprint density at radius 3 is 2.47 bits per heavy atom. The van der Waals surface area contributed by atoms with E-state index >= 15 is 0 Å². The maximum atomic E-state index is 12.8. The predicted molar refractivity (Wildman–Crippen MR) is 129 cm³/mol. The van der Waals surface area contributed by atoms with Gasteiger partial charge in [0, 0.05) is 74.2 Å². The summed E-state index contributed by atoms with van der Waals surface area (Å²) in [4.78, 5) is 39.6. The molecule has 176 valence electrons. The predicted octanol–water partition coefficient (Wildman–Crippen LogP) is 3.05. The van der Waals surface area contributed by atoms with Gasteiger partial charge in [-0.1, -0.05) is 11.6 Å². The second kappa shape index (κ2) is 10.1. The summed E-state index contributed by atoms with van der Waals surface area (Å²) in [5.74, 6) is 0.713. The Labute approximate surface area is 206 Å². The molecule has 5 rings (SSSR count). The quantitative estimate of drug-likeness (QED) is 0.521. The van der Waals surface area contributed by atoms with Gasteiger partial charge in [0.15, 0.2) is 0 Å². The summed E-state index contributed by atoms with van der Waals surface area (Å²) >= 11 is 7.38. The zero-order chi connectivity index (χ0) is 23.5. The summed E-state index contributed by atoms with van der Waals surface area (Å²) in [5.41, 5.74) is 3.74. The second-order valence-corrected chi connectivity index (χ2v) is 9.55. The van der Waals surface area contributed by atoms with Crippen LogP contribution in [0, 0.1) is 0 Å². The van der Waals surface area contributed by atoms with E-state index in [-0.39, 0.29) is 11.8 Å². The molecule has 2 aliphatic heterocycles. The Bertz CT molecular complexity index is 1140. The van der Waals surface area contributed by atoms with Crippen LogP contribution in [0.1, 0.15) is 26.4 Å². The molecular formula is C24H24ClN5O3S. The number of thiazole rings is 1. The molecule has 0 aliphatic carbocycles. The van der Waals surface area contributed by atoms with Crippen molar-refractivity contribution in [1.82, 2.24) is 24.7 Å². The number of carbonyl (C=O) groups is 2. The Kier molecular flexibility index (Phi) is 6.75. The van der Waals surface area contributed by atoms with Crippen molar-refractivity contribution in [2.75, 3.05) is 39.3 Å². The van der Waals surface area contributed by atoms with Crippen molar-refractivity contribution in [3.63, 3.8) is 0 Å². The van der Waals surface area contributed by atoms with Gasteiger partial charge in [-0.05, 0) is 30.3 Å². The normalized spacial score (nSPS) is 16.9. The number of carbonyl (C=O) groups excluding carboxylic acids is 2. The van der Waals surface area contributed by atoms with Crippen LogP contribution in [0.3, 0.4) is 0 Å². The van der Waals surface area contributed by atoms with E-state index in [1.54, 1.807) is 47.5 Å². The third-order valence-electron chi connectivity index (χ3n) is 6.19. The lowest BCUT2D eigenvalue weighted by Gasteiger charge is -2.48.